The molecule has 0 saturated heterocycles. The average molecular weight is 387 g/mol. The molecule has 0 aliphatic carbocycles. The molecule has 8 heteroatoms. The van der Waals surface area contributed by atoms with E-state index in [-0.39, 0.29) is 17.1 Å². The first-order valence-electron chi connectivity index (χ1n) is 9.09. The molecular formula is C20H25N3O5. The van der Waals surface area contributed by atoms with Crippen molar-refractivity contribution in [2.75, 3.05) is 0 Å². The van der Waals surface area contributed by atoms with Gasteiger partial charge in [0, 0.05) is 17.0 Å². The Balaban J connectivity index is 2.07. The number of imide groups is 1. The van der Waals surface area contributed by atoms with Crippen molar-refractivity contribution in [3.63, 3.8) is 0 Å². The summed E-state index contributed by atoms with van der Waals surface area (Å²) in [4.78, 5) is 48.2. The Morgan fingerprint density at radius 3 is 2.46 bits per heavy atom. The van der Waals surface area contributed by atoms with Gasteiger partial charge >= 0.3 is 5.63 Å². The third-order valence-electron chi connectivity index (χ3n) is 4.76. The Hall–Kier alpha value is -3.00. The number of aryl methyl sites for hydroxylation is 1. The van der Waals surface area contributed by atoms with Crippen molar-refractivity contribution in [1.82, 2.24) is 10.6 Å². The van der Waals surface area contributed by atoms with Gasteiger partial charge in [0.2, 0.25) is 11.8 Å². The number of carbonyl (C=O) groups excluding carboxylic acids is 3. The minimum absolute atomic E-state index is 0.0346. The smallest absolute Gasteiger partial charge is 0.336 e. The van der Waals surface area contributed by atoms with Crippen LogP contribution in [-0.2, 0) is 9.59 Å². The van der Waals surface area contributed by atoms with Crippen LogP contribution in [0.25, 0.3) is 11.0 Å². The zero-order valence-electron chi connectivity index (χ0n) is 16.4. The molecule has 2 rings (SSSR count). The molecule has 2 aromatic rings. The van der Waals surface area contributed by atoms with Gasteiger partial charge in [-0.05, 0) is 37.5 Å². The molecule has 8 nitrogen and oxygen atoms in total. The van der Waals surface area contributed by atoms with Crippen LogP contribution in [0, 0.1) is 12.8 Å². The molecule has 0 radical (unpaired) electrons. The highest BCUT2D eigenvalue weighted by Crippen LogP contribution is 2.18. The zero-order valence-corrected chi connectivity index (χ0v) is 16.4. The van der Waals surface area contributed by atoms with Crippen LogP contribution < -0.4 is 22.0 Å². The van der Waals surface area contributed by atoms with E-state index < -0.39 is 35.4 Å². The topological polar surface area (TPSA) is 132 Å². The Labute approximate surface area is 162 Å². The van der Waals surface area contributed by atoms with Crippen molar-refractivity contribution < 1.29 is 18.8 Å². The van der Waals surface area contributed by atoms with Gasteiger partial charge in [0.1, 0.15) is 11.6 Å². The predicted octanol–water partition coefficient (Wildman–Crippen LogP) is 1.24. The number of amides is 3. The standard InChI is InChI=1S/C20H25N3O5/c1-5-10(2)17(21)20(27)22-12(4)18(25)23-19(26)13-6-7-14-11(3)8-16(24)28-15(14)9-13/h6-10,12,17H,5,21H2,1-4H3,(H,22,27)(H,23,25,26)/t10-,12-,17-/m0/s1. The minimum atomic E-state index is -0.938. The first kappa shape index (κ1) is 21.3. The molecule has 3 atom stereocenters. The number of rotatable bonds is 6. The number of nitrogens with two attached hydrogens (primary N) is 1. The second-order valence-electron chi connectivity index (χ2n) is 6.92. The van der Waals surface area contributed by atoms with Gasteiger partial charge in [0.25, 0.3) is 5.91 Å². The number of fused-ring (bicyclic) bond motifs is 1. The lowest BCUT2D eigenvalue weighted by Crippen LogP contribution is -2.52. The Kier molecular flexibility index (Phi) is 6.69. The van der Waals surface area contributed by atoms with Crippen molar-refractivity contribution in [3.8, 4) is 0 Å². The van der Waals surface area contributed by atoms with Crippen molar-refractivity contribution in [2.45, 2.75) is 46.2 Å². The maximum Gasteiger partial charge on any atom is 0.336 e. The highest BCUT2D eigenvalue weighted by molar-refractivity contribution is 6.07. The van der Waals surface area contributed by atoms with Gasteiger partial charge in [-0.2, -0.15) is 0 Å². The van der Waals surface area contributed by atoms with Crippen LogP contribution in [0.15, 0.2) is 33.5 Å². The average Bonchev–Trinajstić information content (AvgIpc) is 2.65. The molecule has 0 spiro atoms. The molecule has 1 heterocycles. The minimum Gasteiger partial charge on any atom is -0.423 e. The van der Waals surface area contributed by atoms with Crippen LogP contribution >= 0.6 is 0 Å². The summed E-state index contributed by atoms with van der Waals surface area (Å²) in [5.74, 6) is -1.82. The molecule has 4 N–H and O–H groups in total. The summed E-state index contributed by atoms with van der Waals surface area (Å²) in [5, 5.41) is 5.43. The second-order valence-corrected chi connectivity index (χ2v) is 6.92. The molecule has 150 valence electrons. The highest BCUT2D eigenvalue weighted by Gasteiger charge is 2.24. The molecule has 1 aromatic carbocycles. The van der Waals surface area contributed by atoms with Crippen LogP contribution in [0.3, 0.4) is 0 Å². The number of hydrogen-bond acceptors (Lipinski definition) is 6. The first-order chi connectivity index (χ1) is 13.1. The van der Waals surface area contributed by atoms with Gasteiger partial charge < -0.3 is 15.5 Å². The quantitative estimate of drug-likeness (QED) is 0.639. The van der Waals surface area contributed by atoms with Crippen LogP contribution in [0.4, 0.5) is 0 Å². The lowest BCUT2D eigenvalue weighted by atomic mass is 9.99. The van der Waals surface area contributed by atoms with Crippen LogP contribution in [0.1, 0.15) is 43.1 Å². The fraction of sp³-hybridized carbons (Fsp3) is 0.400. The normalized spacial score (nSPS) is 14.2. The van der Waals surface area contributed by atoms with Crippen molar-refractivity contribution in [2.24, 2.45) is 11.7 Å². The summed E-state index contributed by atoms with van der Waals surface area (Å²) in [5.41, 5.74) is 6.46. The summed E-state index contributed by atoms with van der Waals surface area (Å²) >= 11 is 0. The summed E-state index contributed by atoms with van der Waals surface area (Å²) in [6, 6.07) is 4.26. The Bertz CT molecular complexity index is 966. The van der Waals surface area contributed by atoms with Crippen molar-refractivity contribution in [1.29, 1.82) is 0 Å². The SMILES string of the molecule is CC[C@H](C)[C@H](N)C(=O)N[C@@H](C)C(=O)NC(=O)c1ccc2c(C)cc(=O)oc2c1. The van der Waals surface area contributed by atoms with E-state index in [0.717, 1.165) is 12.0 Å². The Morgan fingerprint density at radius 1 is 1.14 bits per heavy atom. The van der Waals surface area contributed by atoms with E-state index in [4.69, 9.17) is 10.2 Å². The number of hydrogen-bond donors (Lipinski definition) is 3. The number of carbonyl (C=O) groups is 3. The van der Waals surface area contributed by atoms with E-state index in [9.17, 15) is 19.2 Å². The van der Waals surface area contributed by atoms with E-state index in [0.29, 0.717) is 5.39 Å². The summed E-state index contributed by atoms with van der Waals surface area (Å²) in [6.45, 7) is 6.99. The maximum absolute atomic E-state index is 12.4. The third-order valence-corrected chi connectivity index (χ3v) is 4.76. The predicted molar refractivity (Wildman–Crippen MR) is 105 cm³/mol. The highest BCUT2D eigenvalue weighted by atomic mass is 16.4. The molecular weight excluding hydrogens is 362 g/mol. The van der Waals surface area contributed by atoms with E-state index >= 15 is 0 Å². The first-order valence-corrected chi connectivity index (χ1v) is 9.09. The van der Waals surface area contributed by atoms with Gasteiger partial charge in [-0.25, -0.2) is 4.79 Å². The molecule has 0 saturated carbocycles. The monoisotopic (exact) mass is 387 g/mol. The Morgan fingerprint density at radius 2 is 1.82 bits per heavy atom. The molecule has 28 heavy (non-hydrogen) atoms. The van der Waals surface area contributed by atoms with E-state index in [2.05, 4.69) is 10.6 Å². The molecule has 0 fully saturated rings. The van der Waals surface area contributed by atoms with Gasteiger partial charge in [0.05, 0.1) is 6.04 Å². The molecule has 1 aromatic heterocycles. The summed E-state index contributed by atoms with van der Waals surface area (Å²) in [7, 11) is 0. The van der Waals surface area contributed by atoms with Gasteiger partial charge in [-0.15, -0.1) is 0 Å². The van der Waals surface area contributed by atoms with Gasteiger partial charge in [-0.1, -0.05) is 26.3 Å². The lowest BCUT2D eigenvalue weighted by molar-refractivity contribution is -0.129. The molecule has 3 amide bonds. The second kappa shape index (κ2) is 8.79. The third kappa shape index (κ3) is 4.83. The van der Waals surface area contributed by atoms with E-state index in [1.807, 2.05) is 13.8 Å². The largest absolute Gasteiger partial charge is 0.423 e. The fourth-order valence-electron chi connectivity index (χ4n) is 2.65. The lowest BCUT2D eigenvalue weighted by Gasteiger charge is -2.20. The van der Waals surface area contributed by atoms with Gasteiger partial charge in [-0.3, -0.25) is 19.7 Å². The number of benzene rings is 1. The van der Waals surface area contributed by atoms with Crippen LogP contribution in [0.2, 0.25) is 0 Å². The van der Waals surface area contributed by atoms with Crippen LogP contribution in [0.5, 0.6) is 0 Å². The fourth-order valence-corrected chi connectivity index (χ4v) is 2.65. The zero-order chi connectivity index (χ0) is 21.0. The van der Waals surface area contributed by atoms with E-state index in [1.54, 1.807) is 13.0 Å². The maximum atomic E-state index is 12.4. The van der Waals surface area contributed by atoms with E-state index in [1.165, 1.54) is 25.1 Å². The summed E-state index contributed by atoms with van der Waals surface area (Å²) in [6.07, 6.45) is 0.727. The molecule has 0 aliphatic heterocycles. The van der Waals surface area contributed by atoms with Crippen LogP contribution in [-0.4, -0.2) is 29.8 Å². The van der Waals surface area contributed by atoms with Crippen molar-refractivity contribution >= 4 is 28.7 Å². The molecule has 0 aliphatic rings. The van der Waals surface area contributed by atoms with Gasteiger partial charge in [0.15, 0.2) is 0 Å². The summed E-state index contributed by atoms with van der Waals surface area (Å²) < 4.78 is 5.11. The number of nitrogens with one attached hydrogen (secondary N) is 2. The van der Waals surface area contributed by atoms with Crippen molar-refractivity contribution in [3.05, 3.63) is 45.8 Å². The molecule has 0 bridgehead atoms. The molecule has 0 unspecified atom stereocenters.